The van der Waals surface area contributed by atoms with Gasteiger partial charge in [-0.3, -0.25) is 0 Å². The maximum Gasteiger partial charge on any atom is 0.114 e. The van der Waals surface area contributed by atoms with Gasteiger partial charge in [-0.15, -0.1) is 0 Å². The molecule has 0 aliphatic heterocycles. The fourth-order valence-corrected chi connectivity index (χ4v) is 2.66. The first-order valence-corrected chi connectivity index (χ1v) is 6.82. The summed E-state index contributed by atoms with van der Waals surface area (Å²) in [6, 6.07) is 2.23. The van der Waals surface area contributed by atoms with Gasteiger partial charge in [-0.1, -0.05) is 58.6 Å². The smallest absolute Gasteiger partial charge is 0.0899 e. The Bertz CT molecular complexity index is 442. The van der Waals surface area contributed by atoms with Gasteiger partial charge >= 0.3 is 0 Å². The van der Waals surface area contributed by atoms with Crippen molar-refractivity contribution < 1.29 is 0 Å². The van der Waals surface area contributed by atoms with Gasteiger partial charge in [0, 0.05) is 0 Å². The van der Waals surface area contributed by atoms with Gasteiger partial charge in [0.1, 0.15) is 7.85 Å². The van der Waals surface area contributed by atoms with Gasteiger partial charge in [0.25, 0.3) is 0 Å². The maximum atomic E-state index is 6.36. The van der Waals surface area contributed by atoms with Crippen molar-refractivity contribution in [2.75, 3.05) is 0 Å². The third-order valence-electron chi connectivity index (χ3n) is 3.36. The molecular formula is C17H27B. The molecule has 0 N–H and O–H groups in total. The molecule has 0 nitrogen and oxygen atoms in total. The largest absolute Gasteiger partial charge is 0.114 e. The summed E-state index contributed by atoms with van der Waals surface area (Å²) in [5, 5.41) is 0. The first-order chi connectivity index (χ1) is 7.93. The summed E-state index contributed by atoms with van der Waals surface area (Å²) in [4.78, 5) is 0. The molecule has 0 fully saturated rings. The van der Waals surface area contributed by atoms with Crippen molar-refractivity contribution in [3.05, 3.63) is 28.3 Å². The SMILES string of the molecule is [B]c1c(C)cc(C)c(CC(C)(C)C)c1C(C)(C)C. The Morgan fingerprint density at radius 3 is 1.83 bits per heavy atom. The van der Waals surface area contributed by atoms with Crippen molar-refractivity contribution in [3.63, 3.8) is 0 Å². The van der Waals surface area contributed by atoms with Gasteiger partial charge in [0.2, 0.25) is 0 Å². The van der Waals surface area contributed by atoms with E-state index in [1.54, 1.807) is 0 Å². The highest BCUT2D eigenvalue weighted by Crippen LogP contribution is 2.32. The maximum absolute atomic E-state index is 6.36. The van der Waals surface area contributed by atoms with Crippen molar-refractivity contribution >= 4 is 13.3 Å². The second-order valence-corrected chi connectivity index (χ2v) is 7.77. The Labute approximate surface area is 115 Å². The second kappa shape index (κ2) is 4.76. The Kier molecular flexibility index (Phi) is 4.05. The lowest BCUT2D eigenvalue weighted by Gasteiger charge is -2.31. The molecule has 0 saturated carbocycles. The van der Waals surface area contributed by atoms with Crippen LogP contribution < -0.4 is 5.46 Å². The summed E-state index contributed by atoms with van der Waals surface area (Å²) in [5.74, 6) is 0. The molecule has 2 radical (unpaired) electrons. The highest BCUT2D eigenvalue weighted by Gasteiger charge is 2.25. The van der Waals surface area contributed by atoms with E-state index in [0.29, 0.717) is 0 Å². The van der Waals surface area contributed by atoms with E-state index in [2.05, 4.69) is 61.5 Å². The molecule has 98 valence electrons. The molecule has 1 rings (SSSR count). The molecule has 0 aliphatic rings. The molecule has 0 aromatic heterocycles. The average Bonchev–Trinajstić information content (AvgIpc) is 2.09. The summed E-state index contributed by atoms with van der Waals surface area (Å²) >= 11 is 0. The van der Waals surface area contributed by atoms with Gasteiger partial charge in [0.05, 0.1) is 0 Å². The van der Waals surface area contributed by atoms with Crippen molar-refractivity contribution in [2.45, 2.75) is 67.2 Å². The molecule has 1 aromatic carbocycles. The standard InChI is InChI=1S/C17H27B/c1-11-9-12(2)15(18)14(17(6,7)8)13(11)10-16(3,4)5/h9H,10H2,1-8H3. The molecule has 0 amide bonds. The van der Waals surface area contributed by atoms with E-state index in [1.807, 2.05) is 0 Å². The van der Waals surface area contributed by atoms with Gasteiger partial charge < -0.3 is 0 Å². The molecule has 1 heteroatoms. The lowest BCUT2D eigenvalue weighted by Crippen LogP contribution is -2.29. The molecule has 1 aromatic rings. The monoisotopic (exact) mass is 242 g/mol. The molecular weight excluding hydrogens is 215 g/mol. The van der Waals surface area contributed by atoms with Crippen LogP contribution in [-0.4, -0.2) is 7.85 Å². The van der Waals surface area contributed by atoms with Crippen LogP contribution in [0.15, 0.2) is 6.07 Å². The van der Waals surface area contributed by atoms with Crippen LogP contribution in [0.2, 0.25) is 0 Å². The van der Waals surface area contributed by atoms with E-state index < -0.39 is 0 Å². The van der Waals surface area contributed by atoms with E-state index in [1.165, 1.54) is 22.3 Å². The van der Waals surface area contributed by atoms with E-state index in [9.17, 15) is 0 Å². The Morgan fingerprint density at radius 1 is 0.944 bits per heavy atom. The zero-order valence-electron chi connectivity index (χ0n) is 13.4. The van der Waals surface area contributed by atoms with E-state index in [4.69, 9.17) is 7.85 Å². The predicted molar refractivity (Wildman–Crippen MR) is 83.2 cm³/mol. The Hall–Kier alpha value is -0.715. The molecule has 0 saturated heterocycles. The minimum atomic E-state index is 0.0987. The minimum absolute atomic E-state index is 0.0987. The Morgan fingerprint density at radius 2 is 1.44 bits per heavy atom. The van der Waals surface area contributed by atoms with Crippen LogP contribution in [0.4, 0.5) is 0 Å². The molecule has 0 atom stereocenters. The van der Waals surface area contributed by atoms with Crippen LogP contribution in [0, 0.1) is 19.3 Å². The Balaban J connectivity index is 3.54. The number of benzene rings is 1. The van der Waals surface area contributed by atoms with Crippen LogP contribution in [0.1, 0.15) is 63.8 Å². The lowest BCUT2D eigenvalue weighted by molar-refractivity contribution is 0.405. The van der Waals surface area contributed by atoms with Crippen molar-refractivity contribution in [3.8, 4) is 0 Å². The molecule has 0 heterocycles. The van der Waals surface area contributed by atoms with Crippen molar-refractivity contribution in [2.24, 2.45) is 5.41 Å². The minimum Gasteiger partial charge on any atom is -0.0899 e. The number of hydrogen-bond donors (Lipinski definition) is 0. The normalized spacial score (nSPS) is 12.9. The van der Waals surface area contributed by atoms with Crippen LogP contribution in [0.3, 0.4) is 0 Å². The first kappa shape index (κ1) is 15.3. The molecule has 0 unspecified atom stereocenters. The number of hydrogen-bond acceptors (Lipinski definition) is 0. The summed E-state index contributed by atoms with van der Waals surface area (Å²) in [6.07, 6.45) is 1.08. The van der Waals surface area contributed by atoms with Crippen LogP contribution in [-0.2, 0) is 11.8 Å². The number of aryl methyl sites for hydroxylation is 2. The van der Waals surface area contributed by atoms with E-state index in [0.717, 1.165) is 11.9 Å². The van der Waals surface area contributed by atoms with Crippen LogP contribution >= 0.6 is 0 Å². The first-order valence-electron chi connectivity index (χ1n) is 6.82. The fraction of sp³-hybridized carbons (Fsp3) is 0.647. The van der Waals surface area contributed by atoms with Gasteiger partial charge in [-0.2, -0.15) is 0 Å². The van der Waals surface area contributed by atoms with Crippen molar-refractivity contribution in [1.82, 2.24) is 0 Å². The zero-order valence-corrected chi connectivity index (χ0v) is 13.4. The highest BCUT2D eigenvalue weighted by atomic mass is 14.3. The summed E-state index contributed by atoms with van der Waals surface area (Å²) in [7, 11) is 6.36. The lowest BCUT2D eigenvalue weighted by atomic mass is 9.69. The second-order valence-electron chi connectivity index (χ2n) is 7.77. The fourth-order valence-electron chi connectivity index (χ4n) is 2.66. The van der Waals surface area contributed by atoms with Crippen LogP contribution in [0.25, 0.3) is 0 Å². The van der Waals surface area contributed by atoms with Gasteiger partial charge in [-0.05, 0) is 47.8 Å². The van der Waals surface area contributed by atoms with E-state index >= 15 is 0 Å². The van der Waals surface area contributed by atoms with Gasteiger partial charge in [-0.25, -0.2) is 0 Å². The number of rotatable bonds is 1. The zero-order chi connectivity index (χ0) is 14.3. The predicted octanol–water partition coefficient (Wildman–Crippen LogP) is 3.98. The summed E-state index contributed by atoms with van der Waals surface area (Å²) in [6.45, 7) is 17.9. The molecule has 0 spiro atoms. The molecule has 0 bridgehead atoms. The quantitative estimate of drug-likeness (QED) is 0.653. The van der Waals surface area contributed by atoms with Gasteiger partial charge in [0.15, 0.2) is 0 Å². The third-order valence-corrected chi connectivity index (χ3v) is 3.36. The average molecular weight is 242 g/mol. The molecule has 18 heavy (non-hydrogen) atoms. The van der Waals surface area contributed by atoms with Crippen LogP contribution in [0.5, 0.6) is 0 Å². The summed E-state index contributed by atoms with van der Waals surface area (Å²) in [5.41, 5.74) is 6.73. The summed E-state index contributed by atoms with van der Waals surface area (Å²) < 4.78 is 0. The third kappa shape index (κ3) is 3.40. The highest BCUT2D eigenvalue weighted by molar-refractivity contribution is 6.34. The van der Waals surface area contributed by atoms with E-state index in [-0.39, 0.29) is 10.8 Å². The van der Waals surface area contributed by atoms with Crippen molar-refractivity contribution in [1.29, 1.82) is 0 Å². The molecule has 0 aliphatic carbocycles. The topological polar surface area (TPSA) is 0 Å².